The van der Waals surface area contributed by atoms with Gasteiger partial charge >= 0.3 is 6.03 Å². The lowest BCUT2D eigenvalue weighted by Crippen LogP contribution is -2.50. The Morgan fingerprint density at radius 3 is 2.39 bits per heavy atom. The van der Waals surface area contributed by atoms with Crippen molar-refractivity contribution in [2.24, 2.45) is 5.92 Å². The number of halogens is 1. The summed E-state index contributed by atoms with van der Waals surface area (Å²) in [4.78, 5) is 36.6. The van der Waals surface area contributed by atoms with Crippen molar-refractivity contribution in [1.82, 2.24) is 20.4 Å². The number of carbonyl (C=O) groups excluding carboxylic acids is 3. The van der Waals surface area contributed by atoms with Crippen molar-refractivity contribution < 1.29 is 18.8 Å². The Morgan fingerprint density at radius 1 is 1.19 bits per heavy atom. The van der Waals surface area contributed by atoms with Gasteiger partial charge in [-0.25, -0.2) is 13.9 Å². The number of anilines is 1. The number of hydrogen-bond acceptors (Lipinski definition) is 4. The summed E-state index contributed by atoms with van der Waals surface area (Å²) in [6.45, 7) is 6.08. The highest BCUT2D eigenvalue weighted by molar-refractivity contribution is 6.07. The first-order chi connectivity index (χ1) is 14.6. The molecule has 2 aliphatic rings. The van der Waals surface area contributed by atoms with Gasteiger partial charge in [0.25, 0.3) is 5.91 Å². The second kappa shape index (κ2) is 7.47. The Morgan fingerprint density at radius 2 is 1.84 bits per heavy atom. The van der Waals surface area contributed by atoms with Crippen LogP contribution in [0.5, 0.6) is 0 Å². The minimum atomic E-state index is -0.900. The second-order valence-electron chi connectivity index (χ2n) is 9.31. The molecule has 9 heteroatoms. The molecule has 4 rings (SSSR count). The molecular weight excluding hydrogens is 401 g/mol. The van der Waals surface area contributed by atoms with Crippen LogP contribution in [0.25, 0.3) is 5.69 Å². The summed E-state index contributed by atoms with van der Waals surface area (Å²) in [6.07, 6.45) is 1.78. The number of aromatic nitrogens is 2. The maximum atomic E-state index is 13.4. The van der Waals surface area contributed by atoms with Gasteiger partial charge in [-0.05, 0) is 49.9 Å². The standard InChI is InChI=1S/C22H26FN5O3/c1-21(2,3)16-12-17(28(27-16)15-6-4-14(23)5-7-15)24-18(29)13-8-10-22(11-9-13)19(30)25-20(31)26-22/h4-7,12-13H,8-11H2,1-3H3,(H,24,29)(H2,25,26,30,31). The van der Waals surface area contributed by atoms with Gasteiger partial charge in [-0.15, -0.1) is 0 Å². The summed E-state index contributed by atoms with van der Waals surface area (Å²) >= 11 is 0. The van der Waals surface area contributed by atoms with Crippen LogP contribution in [0.3, 0.4) is 0 Å². The van der Waals surface area contributed by atoms with E-state index >= 15 is 0 Å². The highest BCUT2D eigenvalue weighted by atomic mass is 19.1. The number of nitrogens with one attached hydrogen (secondary N) is 3. The highest BCUT2D eigenvalue weighted by Gasteiger charge is 2.49. The minimum absolute atomic E-state index is 0.164. The van der Waals surface area contributed by atoms with Crippen LogP contribution in [0.2, 0.25) is 0 Å². The minimum Gasteiger partial charge on any atom is -0.323 e. The fourth-order valence-electron chi connectivity index (χ4n) is 4.10. The maximum absolute atomic E-state index is 13.4. The van der Waals surface area contributed by atoms with Crippen molar-refractivity contribution >= 4 is 23.7 Å². The van der Waals surface area contributed by atoms with E-state index in [1.54, 1.807) is 16.8 Å². The lowest BCUT2D eigenvalue weighted by molar-refractivity contribution is -0.128. The molecule has 1 spiro atoms. The first-order valence-electron chi connectivity index (χ1n) is 10.4. The fraction of sp³-hybridized carbons (Fsp3) is 0.455. The Kier molecular flexibility index (Phi) is 5.07. The average molecular weight is 427 g/mol. The number of nitrogens with zero attached hydrogens (tertiary/aromatic N) is 2. The molecule has 164 valence electrons. The van der Waals surface area contributed by atoms with Crippen LogP contribution in [0.15, 0.2) is 30.3 Å². The van der Waals surface area contributed by atoms with Crippen LogP contribution in [0, 0.1) is 11.7 Å². The smallest absolute Gasteiger partial charge is 0.322 e. The lowest BCUT2D eigenvalue weighted by atomic mass is 9.76. The van der Waals surface area contributed by atoms with Crippen molar-refractivity contribution in [1.29, 1.82) is 0 Å². The zero-order valence-electron chi connectivity index (χ0n) is 17.8. The Hall–Kier alpha value is -3.23. The van der Waals surface area contributed by atoms with E-state index in [0.29, 0.717) is 37.2 Å². The largest absolute Gasteiger partial charge is 0.323 e. The van der Waals surface area contributed by atoms with Crippen LogP contribution in [0.4, 0.5) is 15.0 Å². The zero-order chi connectivity index (χ0) is 22.4. The van der Waals surface area contributed by atoms with Gasteiger partial charge in [0, 0.05) is 17.4 Å². The first-order valence-corrected chi connectivity index (χ1v) is 10.4. The maximum Gasteiger partial charge on any atom is 0.322 e. The molecular formula is C22H26FN5O3. The Labute approximate surface area is 179 Å². The molecule has 1 saturated carbocycles. The van der Waals surface area contributed by atoms with E-state index in [4.69, 9.17) is 0 Å². The van der Waals surface area contributed by atoms with Crippen LogP contribution in [-0.2, 0) is 15.0 Å². The van der Waals surface area contributed by atoms with E-state index in [1.165, 1.54) is 12.1 Å². The molecule has 1 aromatic carbocycles. The number of imide groups is 1. The van der Waals surface area contributed by atoms with Gasteiger partial charge < -0.3 is 10.6 Å². The van der Waals surface area contributed by atoms with Crippen molar-refractivity contribution in [2.45, 2.75) is 57.4 Å². The van der Waals surface area contributed by atoms with Gasteiger partial charge in [-0.3, -0.25) is 14.9 Å². The van der Waals surface area contributed by atoms with Crippen LogP contribution < -0.4 is 16.0 Å². The fourth-order valence-corrected chi connectivity index (χ4v) is 4.10. The summed E-state index contributed by atoms with van der Waals surface area (Å²) in [5.41, 5.74) is 0.291. The SMILES string of the molecule is CC(C)(C)c1cc(NC(=O)C2CCC3(CC2)NC(=O)NC3=O)n(-c2ccc(F)cc2)n1. The van der Waals surface area contributed by atoms with Gasteiger partial charge in [-0.1, -0.05) is 20.8 Å². The molecule has 0 atom stereocenters. The van der Waals surface area contributed by atoms with E-state index in [2.05, 4.69) is 21.0 Å². The second-order valence-corrected chi connectivity index (χ2v) is 9.31. The summed E-state index contributed by atoms with van der Waals surface area (Å²) in [5, 5.41) is 12.6. The van der Waals surface area contributed by atoms with E-state index in [1.807, 2.05) is 26.8 Å². The van der Waals surface area contributed by atoms with Crippen molar-refractivity contribution in [2.75, 3.05) is 5.32 Å². The predicted octanol–water partition coefficient (Wildman–Crippen LogP) is 3.02. The summed E-state index contributed by atoms with van der Waals surface area (Å²) in [7, 11) is 0. The van der Waals surface area contributed by atoms with Crippen LogP contribution >= 0.6 is 0 Å². The van der Waals surface area contributed by atoms with Gasteiger partial charge in [-0.2, -0.15) is 5.10 Å². The van der Waals surface area contributed by atoms with E-state index < -0.39 is 11.6 Å². The molecule has 1 aliphatic carbocycles. The van der Waals surface area contributed by atoms with Gasteiger partial charge in [0.05, 0.1) is 11.4 Å². The quantitative estimate of drug-likeness (QED) is 0.655. The van der Waals surface area contributed by atoms with Crippen LogP contribution in [0.1, 0.15) is 52.1 Å². The van der Waals surface area contributed by atoms with Crippen LogP contribution in [-0.4, -0.2) is 33.2 Å². The number of benzene rings is 1. The number of urea groups is 1. The summed E-state index contributed by atoms with van der Waals surface area (Å²) in [6, 6.07) is 7.26. The number of amides is 4. The van der Waals surface area contributed by atoms with E-state index in [-0.39, 0.29) is 29.0 Å². The molecule has 2 aromatic rings. The predicted molar refractivity (Wildman–Crippen MR) is 112 cm³/mol. The van der Waals surface area contributed by atoms with Crippen molar-refractivity contribution in [3.05, 3.63) is 41.8 Å². The zero-order valence-corrected chi connectivity index (χ0v) is 17.8. The highest BCUT2D eigenvalue weighted by Crippen LogP contribution is 2.35. The molecule has 0 unspecified atom stereocenters. The molecule has 1 saturated heterocycles. The van der Waals surface area contributed by atoms with Gasteiger partial charge in [0.15, 0.2) is 0 Å². The molecule has 0 bridgehead atoms. The molecule has 31 heavy (non-hydrogen) atoms. The molecule has 1 aromatic heterocycles. The van der Waals surface area contributed by atoms with E-state index in [0.717, 1.165) is 5.69 Å². The Bertz CT molecular complexity index is 1030. The molecule has 2 fully saturated rings. The average Bonchev–Trinajstić information content (AvgIpc) is 3.24. The molecule has 8 nitrogen and oxygen atoms in total. The third kappa shape index (κ3) is 4.04. The Balaban J connectivity index is 1.53. The molecule has 0 radical (unpaired) electrons. The van der Waals surface area contributed by atoms with Crippen molar-refractivity contribution in [3.63, 3.8) is 0 Å². The molecule has 2 heterocycles. The summed E-state index contributed by atoms with van der Waals surface area (Å²) < 4.78 is 15.0. The first kappa shape index (κ1) is 21.0. The van der Waals surface area contributed by atoms with Gasteiger partial charge in [0.1, 0.15) is 17.2 Å². The molecule has 3 N–H and O–H groups in total. The third-order valence-electron chi connectivity index (χ3n) is 6.02. The van der Waals surface area contributed by atoms with Gasteiger partial charge in [0.2, 0.25) is 5.91 Å². The number of hydrogen-bond donors (Lipinski definition) is 3. The molecule has 1 aliphatic heterocycles. The number of rotatable bonds is 3. The monoisotopic (exact) mass is 427 g/mol. The number of carbonyl (C=O) groups is 3. The van der Waals surface area contributed by atoms with E-state index in [9.17, 15) is 18.8 Å². The summed E-state index contributed by atoms with van der Waals surface area (Å²) in [5.74, 6) is -0.611. The van der Waals surface area contributed by atoms with Crippen molar-refractivity contribution in [3.8, 4) is 5.69 Å². The third-order valence-corrected chi connectivity index (χ3v) is 6.02. The normalized spacial score (nSPS) is 23.5. The lowest BCUT2D eigenvalue weighted by Gasteiger charge is -2.33. The topological polar surface area (TPSA) is 105 Å². The molecule has 4 amide bonds.